The molecule has 68 valence electrons. The summed E-state index contributed by atoms with van der Waals surface area (Å²) in [5.41, 5.74) is 8.34. The van der Waals surface area contributed by atoms with Crippen LogP contribution >= 0.6 is 33.9 Å². The van der Waals surface area contributed by atoms with Crippen LogP contribution in [0.4, 0.5) is 5.69 Å². The number of fused-ring (bicyclic) bond motifs is 1. The highest BCUT2D eigenvalue weighted by Crippen LogP contribution is 2.33. The van der Waals surface area contributed by atoms with Crippen molar-refractivity contribution in [3.63, 3.8) is 0 Å². The molecule has 2 rings (SSSR count). The second-order valence-electron chi connectivity index (χ2n) is 2.94. The number of benzene rings is 1. The summed E-state index contributed by atoms with van der Waals surface area (Å²) < 4.78 is 2.51. The number of hydrogen-bond acceptors (Lipinski definition) is 2. The maximum atomic E-state index is 6.08. The van der Waals surface area contributed by atoms with E-state index in [1.807, 2.05) is 0 Å². The van der Waals surface area contributed by atoms with E-state index in [-0.39, 0.29) is 0 Å². The highest BCUT2D eigenvalue weighted by Gasteiger charge is 2.08. The normalized spacial score (nSPS) is 10.9. The van der Waals surface area contributed by atoms with Gasteiger partial charge in [0.25, 0.3) is 0 Å². The van der Waals surface area contributed by atoms with Crippen LogP contribution in [0.1, 0.15) is 12.5 Å². The minimum Gasteiger partial charge on any atom is -0.397 e. The molecule has 0 saturated carbocycles. The number of halogens is 1. The van der Waals surface area contributed by atoms with Crippen molar-refractivity contribution >= 4 is 49.7 Å². The standard InChI is InChI=1S/C10H10INS/c1-2-7-8(11)5-6-3-4-13-10(6)9(7)12/h3-5H,2,12H2,1H3. The van der Waals surface area contributed by atoms with Crippen molar-refractivity contribution in [2.75, 3.05) is 5.73 Å². The van der Waals surface area contributed by atoms with Crippen LogP contribution in [0.5, 0.6) is 0 Å². The van der Waals surface area contributed by atoms with Crippen molar-refractivity contribution in [2.45, 2.75) is 13.3 Å². The van der Waals surface area contributed by atoms with E-state index in [0.717, 1.165) is 12.1 Å². The van der Waals surface area contributed by atoms with E-state index in [2.05, 4.69) is 47.0 Å². The Morgan fingerprint density at radius 2 is 2.31 bits per heavy atom. The van der Waals surface area contributed by atoms with Crippen LogP contribution in [-0.4, -0.2) is 0 Å². The summed E-state index contributed by atoms with van der Waals surface area (Å²) in [7, 11) is 0. The first-order chi connectivity index (χ1) is 6.24. The van der Waals surface area contributed by atoms with Crippen molar-refractivity contribution in [2.24, 2.45) is 0 Å². The van der Waals surface area contributed by atoms with Crippen molar-refractivity contribution < 1.29 is 0 Å². The Balaban J connectivity index is 2.85. The van der Waals surface area contributed by atoms with Crippen LogP contribution in [0, 0.1) is 3.57 Å². The summed E-state index contributed by atoms with van der Waals surface area (Å²) in [5, 5.41) is 3.36. The second kappa shape index (κ2) is 3.46. The van der Waals surface area contributed by atoms with Gasteiger partial charge >= 0.3 is 0 Å². The van der Waals surface area contributed by atoms with E-state index < -0.39 is 0 Å². The molecule has 0 amide bonds. The molecule has 1 nitrogen and oxygen atoms in total. The van der Waals surface area contributed by atoms with E-state index in [4.69, 9.17) is 5.73 Å². The maximum Gasteiger partial charge on any atom is 0.0575 e. The average Bonchev–Trinajstić information content (AvgIpc) is 2.53. The highest BCUT2D eigenvalue weighted by molar-refractivity contribution is 14.1. The van der Waals surface area contributed by atoms with Gasteiger partial charge in [-0.15, -0.1) is 11.3 Å². The molecule has 1 aromatic carbocycles. The molecule has 0 aliphatic heterocycles. The topological polar surface area (TPSA) is 26.0 Å². The largest absolute Gasteiger partial charge is 0.397 e. The fraction of sp³-hybridized carbons (Fsp3) is 0.200. The third kappa shape index (κ3) is 1.44. The number of anilines is 1. The Kier molecular flexibility index (Phi) is 2.47. The lowest BCUT2D eigenvalue weighted by Gasteiger charge is -2.06. The number of nitrogens with two attached hydrogens (primary N) is 1. The van der Waals surface area contributed by atoms with Gasteiger partial charge in [0.15, 0.2) is 0 Å². The van der Waals surface area contributed by atoms with Gasteiger partial charge in [-0.25, -0.2) is 0 Å². The van der Waals surface area contributed by atoms with Crippen LogP contribution in [0.25, 0.3) is 10.1 Å². The summed E-state index contributed by atoms with van der Waals surface area (Å²) in [4.78, 5) is 0. The zero-order valence-corrected chi connectivity index (χ0v) is 10.3. The van der Waals surface area contributed by atoms with Gasteiger partial charge in [0, 0.05) is 3.57 Å². The van der Waals surface area contributed by atoms with Gasteiger partial charge in [-0.3, -0.25) is 0 Å². The van der Waals surface area contributed by atoms with Gasteiger partial charge in [0.05, 0.1) is 10.4 Å². The number of rotatable bonds is 1. The van der Waals surface area contributed by atoms with E-state index >= 15 is 0 Å². The molecule has 0 fully saturated rings. The molecule has 0 aliphatic carbocycles. The smallest absolute Gasteiger partial charge is 0.0575 e. The summed E-state index contributed by atoms with van der Waals surface area (Å²) in [6.45, 7) is 2.15. The van der Waals surface area contributed by atoms with E-state index in [0.29, 0.717) is 0 Å². The van der Waals surface area contributed by atoms with Crippen molar-refractivity contribution in [3.05, 3.63) is 26.6 Å². The van der Waals surface area contributed by atoms with Gasteiger partial charge < -0.3 is 5.73 Å². The predicted molar refractivity (Wildman–Crippen MR) is 68.3 cm³/mol. The van der Waals surface area contributed by atoms with E-state index in [1.165, 1.54) is 19.2 Å². The van der Waals surface area contributed by atoms with Crippen LogP contribution in [0.15, 0.2) is 17.5 Å². The minimum atomic E-state index is 0.972. The molecule has 13 heavy (non-hydrogen) atoms. The molecule has 0 bridgehead atoms. The molecule has 1 aromatic heterocycles. The molecule has 0 aliphatic rings. The Bertz CT molecular complexity index is 447. The molecule has 0 unspecified atom stereocenters. The second-order valence-corrected chi connectivity index (χ2v) is 5.02. The lowest BCUT2D eigenvalue weighted by atomic mass is 10.1. The van der Waals surface area contributed by atoms with Gasteiger partial charge in [0.2, 0.25) is 0 Å². The summed E-state index contributed by atoms with van der Waals surface area (Å²) >= 11 is 4.08. The van der Waals surface area contributed by atoms with Crippen LogP contribution in [0.3, 0.4) is 0 Å². The summed E-state index contributed by atoms with van der Waals surface area (Å²) in [5.74, 6) is 0. The molecule has 0 spiro atoms. The fourth-order valence-electron chi connectivity index (χ4n) is 1.50. The van der Waals surface area contributed by atoms with Crippen molar-refractivity contribution in [3.8, 4) is 0 Å². The number of thiophene rings is 1. The van der Waals surface area contributed by atoms with Gasteiger partial charge in [-0.05, 0) is 57.5 Å². The first-order valence-corrected chi connectivity index (χ1v) is 6.14. The monoisotopic (exact) mass is 303 g/mol. The maximum absolute atomic E-state index is 6.08. The lowest BCUT2D eigenvalue weighted by Crippen LogP contribution is -1.95. The molecule has 0 radical (unpaired) electrons. The molecule has 2 N–H and O–H groups in total. The number of nitrogen functional groups attached to an aromatic ring is 1. The average molecular weight is 303 g/mol. The number of hydrogen-bond donors (Lipinski definition) is 1. The molecule has 1 heterocycles. The molecule has 0 saturated heterocycles. The zero-order valence-electron chi connectivity index (χ0n) is 7.30. The molecular formula is C10H10INS. The van der Waals surface area contributed by atoms with Crippen LogP contribution < -0.4 is 5.73 Å². The van der Waals surface area contributed by atoms with Crippen LogP contribution in [-0.2, 0) is 6.42 Å². The Morgan fingerprint density at radius 1 is 1.54 bits per heavy atom. The van der Waals surface area contributed by atoms with Crippen LogP contribution in [0.2, 0.25) is 0 Å². The third-order valence-electron chi connectivity index (χ3n) is 2.19. The summed E-state index contributed by atoms with van der Waals surface area (Å²) in [6, 6.07) is 4.33. The first kappa shape index (κ1) is 9.27. The van der Waals surface area contributed by atoms with Gasteiger partial charge in [-0.2, -0.15) is 0 Å². The third-order valence-corrected chi connectivity index (χ3v) is 4.12. The molecule has 2 aromatic rings. The summed E-state index contributed by atoms with van der Waals surface area (Å²) in [6.07, 6.45) is 1.01. The highest BCUT2D eigenvalue weighted by atomic mass is 127. The van der Waals surface area contributed by atoms with Gasteiger partial charge in [0.1, 0.15) is 0 Å². The van der Waals surface area contributed by atoms with E-state index in [9.17, 15) is 0 Å². The Morgan fingerprint density at radius 3 is 3.00 bits per heavy atom. The van der Waals surface area contributed by atoms with Crippen molar-refractivity contribution in [1.29, 1.82) is 0 Å². The predicted octanol–water partition coefficient (Wildman–Crippen LogP) is 3.65. The minimum absolute atomic E-state index is 0.972. The SMILES string of the molecule is CCc1c(I)cc2ccsc2c1N. The Labute approximate surface area is 95.1 Å². The van der Waals surface area contributed by atoms with Gasteiger partial charge in [-0.1, -0.05) is 6.92 Å². The van der Waals surface area contributed by atoms with Crippen molar-refractivity contribution in [1.82, 2.24) is 0 Å². The molecule has 0 atom stereocenters. The first-order valence-electron chi connectivity index (χ1n) is 4.18. The van der Waals surface area contributed by atoms with E-state index in [1.54, 1.807) is 11.3 Å². The lowest BCUT2D eigenvalue weighted by molar-refractivity contribution is 1.14. The molecule has 3 heteroatoms. The fourth-order valence-corrected chi connectivity index (χ4v) is 3.37. The molecular weight excluding hydrogens is 293 g/mol. The quantitative estimate of drug-likeness (QED) is 0.631. The zero-order chi connectivity index (χ0) is 9.42. The Hall–Kier alpha value is -0.290.